The summed E-state index contributed by atoms with van der Waals surface area (Å²) in [5.41, 5.74) is 7.17. The maximum Gasteiger partial charge on any atom is 0.126 e. The molecule has 0 N–H and O–H groups in total. The van der Waals surface area contributed by atoms with Gasteiger partial charge in [-0.2, -0.15) is 0 Å². The van der Waals surface area contributed by atoms with Gasteiger partial charge in [-0.3, -0.25) is 19.9 Å². The maximum atomic E-state index is 13.9. The molecule has 1 fully saturated rings. The highest BCUT2D eigenvalue weighted by atomic mass is 19.1. The number of benzene rings is 2. The number of fused-ring (bicyclic) bond motifs is 1. The molecule has 0 spiro atoms. The monoisotopic (exact) mass is 414 g/mol. The zero-order valence-corrected chi connectivity index (χ0v) is 17.4. The van der Waals surface area contributed by atoms with E-state index in [9.17, 15) is 4.39 Å². The molecule has 3 heterocycles. The number of hydrogen-bond acceptors (Lipinski definition) is 5. The summed E-state index contributed by atoms with van der Waals surface area (Å²) in [6, 6.07) is 13.4. The van der Waals surface area contributed by atoms with Crippen molar-refractivity contribution in [2.75, 3.05) is 26.3 Å². The van der Waals surface area contributed by atoms with E-state index in [1.165, 1.54) is 6.07 Å². The van der Waals surface area contributed by atoms with Crippen molar-refractivity contribution in [3.05, 3.63) is 78.0 Å². The molecule has 0 amide bonds. The quantitative estimate of drug-likeness (QED) is 0.487. The molecule has 5 nitrogen and oxygen atoms in total. The van der Waals surface area contributed by atoms with Gasteiger partial charge in [-0.05, 0) is 60.0 Å². The summed E-state index contributed by atoms with van der Waals surface area (Å²) < 4.78 is 19.4. The number of pyridine rings is 1. The molecule has 0 unspecified atom stereocenters. The second kappa shape index (κ2) is 8.49. The second-order valence-corrected chi connectivity index (χ2v) is 7.85. The Kier molecular flexibility index (Phi) is 5.40. The largest absolute Gasteiger partial charge is 0.379 e. The van der Waals surface area contributed by atoms with Gasteiger partial charge < -0.3 is 4.74 Å². The molecule has 1 aliphatic heterocycles. The van der Waals surface area contributed by atoms with Crippen LogP contribution >= 0.6 is 0 Å². The third kappa shape index (κ3) is 4.17. The molecule has 31 heavy (non-hydrogen) atoms. The average Bonchev–Trinajstić information content (AvgIpc) is 2.81. The van der Waals surface area contributed by atoms with Crippen LogP contribution in [0.2, 0.25) is 0 Å². The SMILES string of the molecule is Cc1cc(-c2ncc(CN3CCOCC3)cc2-c2ccc3nccnc3c2)ccc1F. The molecule has 2 aromatic heterocycles. The maximum absolute atomic E-state index is 13.9. The third-order valence-corrected chi connectivity index (χ3v) is 5.67. The Morgan fingerprint density at radius 3 is 2.48 bits per heavy atom. The molecular formula is C25H23FN4O. The summed E-state index contributed by atoms with van der Waals surface area (Å²) in [7, 11) is 0. The molecular weight excluding hydrogens is 391 g/mol. The van der Waals surface area contributed by atoms with Crippen molar-refractivity contribution in [2.45, 2.75) is 13.5 Å². The number of aryl methyl sites for hydroxylation is 1. The lowest BCUT2D eigenvalue weighted by Crippen LogP contribution is -2.35. The molecule has 0 atom stereocenters. The van der Waals surface area contributed by atoms with Gasteiger partial charge in [0.1, 0.15) is 5.82 Å². The van der Waals surface area contributed by atoms with Crippen LogP contribution in [-0.4, -0.2) is 46.2 Å². The molecule has 0 radical (unpaired) electrons. The van der Waals surface area contributed by atoms with E-state index in [-0.39, 0.29) is 5.82 Å². The van der Waals surface area contributed by atoms with E-state index in [1.54, 1.807) is 25.4 Å². The lowest BCUT2D eigenvalue weighted by molar-refractivity contribution is 0.0341. The fraction of sp³-hybridized carbons (Fsp3) is 0.240. The van der Waals surface area contributed by atoms with Crippen LogP contribution in [0, 0.1) is 12.7 Å². The van der Waals surface area contributed by atoms with Gasteiger partial charge in [0.25, 0.3) is 0 Å². The molecule has 5 rings (SSSR count). The molecule has 2 aromatic carbocycles. The van der Waals surface area contributed by atoms with Crippen molar-refractivity contribution in [3.8, 4) is 22.4 Å². The van der Waals surface area contributed by atoms with Crippen LogP contribution in [0.1, 0.15) is 11.1 Å². The minimum absolute atomic E-state index is 0.213. The van der Waals surface area contributed by atoms with Crippen molar-refractivity contribution in [3.63, 3.8) is 0 Å². The summed E-state index contributed by atoms with van der Waals surface area (Å²) in [6.07, 6.45) is 5.32. The second-order valence-electron chi connectivity index (χ2n) is 7.85. The Bertz CT molecular complexity index is 1240. The topological polar surface area (TPSA) is 51.1 Å². The van der Waals surface area contributed by atoms with Gasteiger partial charge in [-0.25, -0.2) is 4.39 Å². The summed E-state index contributed by atoms with van der Waals surface area (Å²) in [4.78, 5) is 16.0. The first-order valence-electron chi connectivity index (χ1n) is 10.4. The Morgan fingerprint density at radius 2 is 1.68 bits per heavy atom. The van der Waals surface area contributed by atoms with Crippen LogP contribution in [0.25, 0.3) is 33.4 Å². The van der Waals surface area contributed by atoms with Gasteiger partial charge in [0.15, 0.2) is 0 Å². The summed E-state index contributed by atoms with van der Waals surface area (Å²) in [5.74, 6) is -0.213. The van der Waals surface area contributed by atoms with E-state index in [0.29, 0.717) is 5.56 Å². The van der Waals surface area contributed by atoms with Gasteiger partial charge in [-0.1, -0.05) is 6.07 Å². The van der Waals surface area contributed by atoms with Gasteiger partial charge in [0.2, 0.25) is 0 Å². The first-order chi connectivity index (χ1) is 15.2. The van der Waals surface area contributed by atoms with Crippen molar-refractivity contribution < 1.29 is 9.13 Å². The van der Waals surface area contributed by atoms with Crippen molar-refractivity contribution in [1.29, 1.82) is 0 Å². The molecule has 6 heteroatoms. The van der Waals surface area contributed by atoms with Crippen molar-refractivity contribution >= 4 is 11.0 Å². The molecule has 4 aromatic rings. The van der Waals surface area contributed by atoms with Crippen LogP contribution in [0.5, 0.6) is 0 Å². The Balaban J connectivity index is 1.61. The highest BCUT2D eigenvalue weighted by molar-refractivity contribution is 5.87. The number of rotatable bonds is 4. The molecule has 1 saturated heterocycles. The van der Waals surface area contributed by atoms with E-state index in [0.717, 1.165) is 71.8 Å². The average molecular weight is 414 g/mol. The fourth-order valence-corrected chi connectivity index (χ4v) is 3.98. The summed E-state index contributed by atoms with van der Waals surface area (Å²) in [5, 5.41) is 0. The number of morpholine rings is 1. The Labute approximate surface area is 180 Å². The number of aromatic nitrogens is 3. The fourth-order valence-electron chi connectivity index (χ4n) is 3.98. The number of nitrogens with zero attached hydrogens (tertiary/aromatic N) is 4. The van der Waals surface area contributed by atoms with E-state index in [4.69, 9.17) is 9.72 Å². The third-order valence-electron chi connectivity index (χ3n) is 5.67. The van der Waals surface area contributed by atoms with E-state index in [2.05, 4.69) is 20.9 Å². The first kappa shape index (κ1) is 19.7. The van der Waals surface area contributed by atoms with E-state index in [1.807, 2.05) is 30.5 Å². The standard InChI is InChI=1S/C25H23FN4O/c1-17-12-20(2-4-22(17)26)25-21(19-3-5-23-24(14-19)28-7-6-27-23)13-18(15-29-25)16-30-8-10-31-11-9-30/h2-7,12-15H,8-11,16H2,1H3. The number of halogens is 1. The molecule has 0 bridgehead atoms. The summed E-state index contributed by atoms with van der Waals surface area (Å²) >= 11 is 0. The smallest absolute Gasteiger partial charge is 0.126 e. The predicted molar refractivity (Wildman–Crippen MR) is 119 cm³/mol. The lowest BCUT2D eigenvalue weighted by Gasteiger charge is -2.26. The van der Waals surface area contributed by atoms with E-state index < -0.39 is 0 Å². The highest BCUT2D eigenvalue weighted by Crippen LogP contribution is 2.33. The van der Waals surface area contributed by atoms with Gasteiger partial charge in [0, 0.05) is 49.4 Å². The molecule has 156 valence electrons. The Hall–Kier alpha value is -3.22. The van der Waals surface area contributed by atoms with Gasteiger partial charge >= 0.3 is 0 Å². The molecule has 0 saturated carbocycles. The summed E-state index contributed by atoms with van der Waals surface area (Å²) in [6.45, 7) is 5.95. The van der Waals surface area contributed by atoms with E-state index >= 15 is 0 Å². The lowest BCUT2D eigenvalue weighted by atomic mass is 9.96. The normalized spacial score (nSPS) is 14.8. The minimum Gasteiger partial charge on any atom is -0.379 e. The first-order valence-corrected chi connectivity index (χ1v) is 10.4. The zero-order chi connectivity index (χ0) is 21.2. The van der Waals surface area contributed by atoms with Crippen molar-refractivity contribution in [2.24, 2.45) is 0 Å². The highest BCUT2D eigenvalue weighted by Gasteiger charge is 2.16. The van der Waals surface area contributed by atoms with Crippen molar-refractivity contribution in [1.82, 2.24) is 19.9 Å². The van der Waals surface area contributed by atoms with Crippen LogP contribution in [0.15, 0.2) is 61.1 Å². The number of ether oxygens (including phenoxy) is 1. The predicted octanol–water partition coefficient (Wildman–Crippen LogP) is 4.64. The molecule has 0 aliphatic carbocycles. The van der Waals surface area contributed by atoms with Crippen LogP contribution in [0.4, 0.5) is 4.39 Å². The molecule has 1 aliphatic rings. The number of hydrogen-bond donors (Lipinski definition) is 0. The Morgan fingerprint density at radius 1 is 0.903 bits per heavy atom. The van der Waals surface area contributed by atoms with Gasteiger partial charge in [0.05, 0.1) is 29.9 Å². The van der Waals surface area contributed by atoms with Crippen LogP contribution in [0.3, 0.4) is 0 Å². The van der Waals surface area contributed by atoms with Crippen LogP contribution in [-0.2, 0) is 11.3 Å². The zero-order valence-electron chi connectivity index (χ0n) is 17.4. The van der Waals surface area contributed by atoms with Gasteiger partial charge in [-0.15, -0.1) is 0 Å². The minimum atomic E-state index is -0.213. The van der Waals surface area contributed by atoms with Crippen LogP contribution < -0.4 is 0 Å².